The molecule has 0 spiro atoms. The van der Waals surface area contributed by atoms with Crippen LogP contribution < -0.4 is 5.32 Å². The molecule has 8 heteroatoms. The lowest BCUT2D eigenvalue weighted by atomic mass is 10.0. The summed E-state index contributed by atoms with van der Waals surface area (Å²) < 4.78 is 8.01. The van der Waals surface area contributed by atoms with Crippen LogP contribution in [-0.2, 0) is 18.3 Å². The first-order valence-corrected chi connectivity index (χ1v) is 9.26. The van der Waals surface area contributed by atoms with Crippen molar-refractivity contribution in [1.82, 2.24) is 25.0 Å². The summed E-state index contributed by atoms with van der Waals surface area (Å²) in [5.74, 6) is 2.57. The molecule has 1 aromatic heterocycles. The first-order chi connectivity index (χ1) is 13.1. The van der Waals surface area contributed by atoms with E-state index in [1.807, 2.05) is 24.6 Å². The number of rotatable bonds is 5. The van der Waals surface area contributed by atoms with E-state index in [1.54, 1.807) is 0 Å². The van der Waals surface area contributed by atoms with Gasteiger partial charge in [-0.25, -0.2) is 4.99 Å². The third-order valence-electron chi connectivity index (χ3n) is 4.86. The van der Waals surface area contributed by atoms with Crippen molar-refractivity contribution >= 4 is 29.9 Å². The predicted octanol–water partition coefficient (Wildman–Crippen LogP) is 2.76. The van der Waals surface area contributed by atoms with Crippen molar-refractivity contribution in [2.24, 2.45) is 12.0 Å². The average Bonchev–Trinajstić information content (AvgIpc) is 3.01. The number of nitrogens with one attached hydrogen (secondary N) is 1. The van der Waals surface area contributed by atoms with Crippen LogP contribution in [0.2, 0.25) is 0 Å². The lowest BCUT2D eigenvalue weighted by molar-refractivity contribution is -0.00831. The van der Waals surface area contributed by atoms with Gasteiger partial charge in [-0.05, 0) is 25.0 Å². The number of hydrogen-bond donors (Lipinski definition) is 1. The van der Waals surface area contributed by atoms with Crippen LogP contribution in [-0.4, -0.2) is 51.9 Å². The van der Waals surface area contributed by atoms with Crippen molar-refractivity contribution in [1.29, 1.82) is 0 Å². The van der Waals surface area contributed by atoms with Crippen LogP contribution in [0.15, 0.2) is 41.9 Å². The molecule has 0 radical (unpaired) electrons. The van der Waals surface area contributed by atoms with Gasteiger partial charge in [0.15, 0.2) is 11.8 Å². The Labute approximate surface area is 183 Å². The SMILES string of the molecule is C=CCNC(=NCc1nnc(C)n1C)N1CCOC(c2ccccc2C)C1.I. The summed E-state index contributed by atoms with van der Waals surface area (Å²) in [4.78, 5) is 7.03. The van der Waals surface area contributed by atoms with Gasteiger partial charge in [0.2, 0.25) is 0 Å². The molecule has 1 atom stereocenters. The average molecular weight is 496 g/mol. The Bertz CT molecular complexity index is 819. The van der Waals surface area contributed by atoms with Gasteiger partial charge in [0.05, 0.1) is 13.2 Å². The van der Waals surface area contributed by atoms with Crippen LogP contribution in [0.3, 0.4) is 0 Å². The van der Waals surface area contributed by atoms with Crippen molar-refractivity contribution in [3.8, 4) is 0 Å². The number of benzene rings is 1. The van der Waals surface area contributed by atoms with Crippen LogP contribution >= 0.6 is 24.0 Å². The Balaban J connectivity index is 0.00000280. The highest BCUT2D eigenvalue weighted by molar-refractivity contribution is 14.0. The minimum absolute atomic E-state index is 0. The molecule has 28 heavy (non-hydrogen) atoms. The zero-order valence-corrected chi connectivity index (χ0v) is 19.1. The summed E-state index contributed by atoms with van der Waals surface area (Å²) in [5.41, 5.74) is 2.48. The molecule has 1 saturated heterocycles. The maximum absolute atomic E-state index is 6.04. The van der Waals surface area contributed by atoms with Gasteiger partial charge in [-0.2, -0.15) is 0 Å². The monoisotopic (exact) mass is 496 g/mol. The normalized spacial score (nSPS) is 17.2. The number of ether oxygens (including phenoxy) is 1. The number of aryl methyl sites for hydroxylation is 2. The van der Waals surface area contributed by atoms with E-state index in [-0.39, 0.29) is 30.1 Å². The first kappa shape index (κ1) is 22.4. The fraction of sp³-hybridized carbons (Fsp3) is 0.450. The van der Waals surface area contributed by atoms with Gasteiger partial charge in [-0.1, -0.05) is 30.3 Å². The molecule has 1 aliphatic rings. The van der Waals surface area contributed by atoms with Gasteiger partial charge < -0.3 is 19.5 Å². The molecule has 1 fully saturated rings. The van der Waals surface area contributed by atoms with Crippen LogP contribution in [0, 0.1) is 13.8 Å². The largest absolute Gasteiger partial charge is 0.370 e. The standard InChI is InChI=1S/C20H28N6O.HI/c1-5-10-21-20(22-13-19-24-23-16(3)25(19)4)26-11-12-27-18(14-26)17-9-7-6-8-15(17)2;/h5-9,18H,1,10-14H2,2-4H3,(H,21,22);1H. The Morgan fingerprint density at radius 3 is 2.82 bits per heavy atom. The lowest BCUT2D eigenvalue weighted by Crippen LogP contribution is -2.48. The minimum atomic E-state index is 0. The summed E-state index contributed by atoms with van der Waals surface area (Å²) in [6, 6.07) is 8.38. The minimum Gasteiger partial charge on any atom is -0.370 e. The quantitative estimate of drug-likeness (QED) is 0.299. The van der Waals surface area contributed by atoms with E-state index in [0.717, 1.165) is 30.7 Å². The first-order valence-electron chi connectivity index (χ1n) is 9.26. The van der Waals surface area contributed by atoms with Crippen LogP contribution in [0.25, 0.3) is 0 Å². The van der Waals surface area contributed by atoms with Gasteiger partial charge in [0, 0.05) is 20.1 Å². The van der Waals surface area contributed by atoms with E-state index in [1.165, 1.54) is 11.1 Å². The van der Waals surface area contributed by atoms with Crippen LogP contribution in [0.4, 0.5) is 0 Å². The molecule has 2 heterocycles. The molecule has 1 aromatic carbocycles. The highest BCUT2D eigenvalue weighted by Crippen LogP contribution is 2.25. The molecular weight excluding hydrogens is 467 g/mol. The van der Waals surface area contributed by atoms with Crippen molar-refractivity contribution in [2.45, 2.75) is 26.5 Å². The summed E-state index contributed by atoms with van der Waals surface area (Å²) in [6.07, 6.45) is 1.87. The Kier molecular flexibility index (Phi) is 8.43. The van der Waals surface area contributed by atoms with Crippen molar-refractivity contribution in [3.05, 3.63) is 59.7 Å². The molecule has 0 amide bonds. The number of guanidine groups is 1. The van der Waals surface area contributed by atoms with Gasteiger partial charge in [0.25, 0.3) is 0 Å². The Morgan fingerprint density at radius 2 is 2.14 bits per heavy atom. The molecule has 1 N–H and O–H groups in total. The van der Waals surface area contributed by atoms with Gasteiger partial charge in [-0.3, -0.25) is 0 Å². The van der Waals surface area contributed by atoms with Gasteiger partial charge >= 0.3 is 0 Å². The highest BCUT2D eigenvalue weighted by Gasteiger charge is 2.25. The Morgan fingerprint density at radius 1 is 1.36 bits per heavy atom. The molecular formula is C20H29IN6O. The summed E-state index contributed by atoms with van der Waals surface area (Å²) in [5, 5.41) is 11.7. The Hall–Kier alpha value is -1.94. The molecule has 0 bridgehead atoms. The molecule has 3 rings (SSSR count). The van der Waals surface area contributed by atoms with E-state index < -0.39 is 0 Å². The lowest BCUT2D eigenvalue weighted by Gasteiger charge is -2.35. The number of morpholine rings is 1. The molecule has 1 unspecified atom stereocenters. The topological polar surface area (TPSA) is 67.6 Å². The van der Waals surface area contributed by atoms with Crippen molar-refractivity contribution in [2.75, 3.05) is 26.2 Å². The maximum atomic E-state index is 6.04. The number of halogens is 1. The third kappa shape index (κ3) is 5.32. The van der Waals surface area contributed by atoms with E-state index in [4.69, 9.17) is 9.73 Å². The maximum Gasteiger partial charge on any atom is 0.194 e. The van der Waals surface area contributed by atoms with E-state index in [9.17, 15) is 0 Å². The smallest absolute Gasteiger partial charge is 0.194 e. The third-order valence-corrected chi connectivity index (χ3v) is 4.86. The van der Waals surface area contributed by atoms with Crippen molar-refractivity contribution in [3.63, 3.8) is 0 Å². The second-order valence-electron chi connectivity index (χ2n) is 6.69. The molecule has 152 valence electrons. The second kappa shape index (κ2) is 10.6. The van der Waals surface area contributed by atoms with Crippen molar-refractivity contribution < 1.29 is 4.74 Å². The number of aliphatic imine (C=N–C) groups is 1. The number of aromatic nitrogens is 3. The van der Waals surface area contributed by atoms with E-state index in [2.05, 4.69) is 58.2 Å². The highest BCUT2D eigenvalue weighted by atomic mass is 127. The number of nitrogens with zero attached hydrogens (tertiary/aromatic N) is 5. The van der Waals surface area contributed by atoms with E-state index in [0.29, 0.717) is 19.7 Å². The summed E-state index contributed by atoms with van der Waals surface area (Å²) in [6.45, 7) is 11.2. The molecule has 1 aliphatic heterocycles. The molecule has 2 aromatic rings. The zero-order valence-electron chi connectivity index (χ0n) is 16.8. The number of hydrogen-bond acceptors (Lipinski definition) is 4. The zero-order chi connectivity index (χ0) is 19.2. The van der Waals surface area contributed by atoms with E-state index >= 15 is 0 Å². The molecule has 0 saturated carbocycles. The predicted molar refractivity (Wildman–Crippen MR) is 122 cm³/mol. The fourth-order valence-corrected chi connectivity index (χ4v) is 3.14. The van der Waals surface area contributed by atoms with Crippen LogP contribution in [0.1, 0.15) is 28.9 Å². The summed E-state index contributed by atoms with van der Waals surface area (Å²) >= 11 is 0. The fourth-order valence-electron chi connectivity index (χ4n) is 3.14. The second-order valence-corrected chi connectivity index (χ2v) is 6.69. The molecule has 7 nitrogen and oxygen atoms in total. The van der Waals surface area contributed by atoms with Gasteiger partial charge in [0.1, 0.15) is 18.5 Å². The molecule has 0 aliphatic carbocycles. The van der Waals surface area contributed by atoms with Gasteiger partial charge in [-0.15, -0.1) is 40.8 Å². The van der Waals surface area contributed by atoms with Crippen LogP contribution in [0.5, 0.6) is 0 Å². The summed E-state index contributed by atoms with van der Waals surface area (Å²) in [7, 11) is 1.96.